The Bertz CT molecular complexity index is 490. The maximum atomic E-state index is 4.55. The minimum atomic E-state index is 0.881. The maximum Gasteiger partial charge on any atom is 0.0625 e. The fourth-order valence-corrected chi connectivity index (χ4v) is 2.10. The number of aryl methyl sites for hydroxylation is 2. The molecule has 0 aliphatic rings. The molecule has 0 spiro atoms. The van der Waals surface area contributed by atoms with Gasteiger partial charge in [-0.05, 0) is 50.1 Å². The summed E-state index contributed by atoms with van der Waals surface area (Å²) in [6.07, 6.45) is 5.71. The molecule has 0 amide bonds. The summed E-state index contributed by atoms with van der Waals surface area (Å²) >= 11 is 0. The molecule has 0 saturated carbocycles. The molecule has 4 heteroatoms. The quantitative estimate of drug-likeness (QED) is 0.774. The zero-order valence-corrected chi connectivity index (χ0v) is 11.8. The maximum absolute atomic E-state index is 4.55. The average Bonchev–Trinajstić information content (AvgIpc) is 2.87. The van der Waals surface area contributed by atoms with Gasteiger partial charge in [0.25, 0.3) is 0 Å². The summed E-state index contributed by atoms with van der Waals surface area (Å²) in [5.41, 5.74) is 3.77. The Labute approximate surface area is 114 Å². The van der Waals surface area contributed by atoms with Crippen molar-refractivity contribution in [3.8, 4) is 0 Å². The molecule has 4 nitrogen and oxygen atoms in total. The van der Waals surface area contributed by atoms with Crippen molar-refractivity contribution in [1.29, 1.82) is 0 Å². The summed E-state index contributed by atoms with van der Waals surface area (Å²) in [5.74, 6) is 0. The van der Waals surface area contributed by atoms with Gasteiger partial charge in [-0.1, -0.05) is 6.92 Å². The number of pyridine rings is 1. The lowest BCUT2D eigenvalue weighted by Crippen LogP contribution is -2.19. The van der Waals surface area contributed by atoms with Crippen molar-refractivity contribution in [3.05, 3.63) is 47.5 Å². The van der Waals surface area contributed by atoms with E-state index in [9.17, 15) is 0 Å². The molecule has 0 fully saturated rings. The average molecular weight is 258 g/mol. The largest absolute Gasteiger partial charge is 0.311 e. The monoisotopic (exact) mass is 258 g/mol. The van der Waals surface area contributed by atoms with E-state index in [1.54, 1.807) is 0 Å². The molecule has 0 aliphatic heterocycles. The highest BCUT2D eigenvalue weighted by Gasteiger charge is 2.04. The first-order valence-corrected chi connectivity index (χ1v) is 6.98. The fourth-order valence-electron chi connectivity index (χ4n) is 2.10. The molecule has 2 rings (SSSR count). The predicted octanol–water partition coefficient (Wildman–Crippen LogP) is 2.19. The lowest BCUT2D eigenvalue weighted by Gasteiger charge is -2.06. The standard InChI is InChI=1S/C15H22N4/c1-3-14-11-15(19(4-2)18-14)12-17-10-7-13-5-8-16-9-6-13/h5-6,8-9,11,17H,3-4,7,10,12H2,1-2H3. The van der Waals surface area contributed by atoms with Gasteiger partial charge in [-0.3, -0.25) is 9.67 Å². The van der Waals surface area contributed by atoms with Crippen LogP contribution in [0.3, 0.4) is 0 Å². The van der Waals surface area contributed by atoms with E-state index in [-0.39, 0.29) is 0 Å². The van der Waals surface area contributed by atoms with E-state index in [0.29, 0.717) is 0 Å². The summed E-state index contributed by atoms with van der Waals surface area (Å²) in [6.45, 7) is 7.06. The van der Waals surface area contributed by atoms with E-state index in [0.717, 1.165) is 32.5 Å². The Morgan fingerprint density at radius 2 is 2.00 bits per heavy atom. The molecular weight excluding hydrogens is 236 g/mol. The molecular formula is C15H22N4. The van der Waals surface area contributed by atoms with Crippen molar-refractivity contribution in [2.75, 3.05) is 6.54 Å². The van der Waals surface area contributed by atoms with E-state index in [4.69, 9.17) is 0 Å². The Hall–Kier alpha value is -1.68. The predicted molar refractivity (Wildman–Crippen MR) is 76.9 cm³/mol. The first-order chi connectivity index (χ1) is 9.33. The Balaban J connectivity index is 1.81. The summed E-state index contributed by atoms with van der Waals surface area (Å²) < 4.78 is 2.08. The molecule has 0 unspecified atom stereocenters. The zero-order valence-electron chi connectivity index (χ0n) is 11.8. The molecule has 2 aromatic rings. The van der Waals surface area contributed by atoms with Gasteiger partial charge >= 0.3 is 0 Å². The zero-order chi connectivity index (χ0) is 13.5. The number of aromatic nitrogens is 3. The molecule has 0 radical (unpaired) electrons. The van der Waals surface area contributed by atoms with Gasteiger partial charge in [-0.2, -0.15) is 5.10 Å². The SMILES string of the molecule is CCc1cc(CNCCc2ccncc2)n(CC)n1. The van der Waals surface area contributed by atoms with E-state index in [2.05, 4.69) is 52.1 Å². The highest BCUT2D eigenvalue weighted by Crippen LogP contribution is 2.05. The van der Waals surface area contributed by atoms with Crippen LogP contribution in [0.25, 0.3) is 0 Å². The second-order valence-corrected chi connectivity index (χ2v) is 4.58. The molecule has 0 saturated heterocycles. The van der Waals surface area contributed by atoms with Gasteiger partial charge in [0.15, 0.2) is 0 Å². The molecule has 19 heavy (non-hydrogen) atoms. The second-order valence-electron chi connectivity index (χ2n) is 4.58. The molecule has 0 bridgehead atoms. The number of hydrogen-bond acceptors (Lipinski definition) is 3. The summed E-state index contributed by atoms with van der Waals surface area (Å²) in [6, 6.07) is 6.32. The van der Waals surface area contributed by atoms with Gasteiger partial charge < -0.3 is 5.32 Å². The third-order valence-corrected chi connectivity index (χ3v) is 3.22. The lowest BCUT2D eigenvalue weighted by molar-refractivity contribution is 0.578. The van der Waals surface area contributed by atoms with Crippen molar-refractivity contribution < 1.29 is 0 Å². The van der Waals surface area contributed by atoms with E-state index < -0.39 is 0 Å². The van der Waals surface area contributed by atoms with Gasteiger partial charge in [-0.25, -0.2) is 0 Å². The Morgan fingerprint density at radius 3 is 2.68 bits per heavy atom. The number of nitrogens with one attached hydrogen (secondary N) is 1. The number of hydrogen-bond donors (Lipinski definition) is 1. The van der Waals surface area contributed by atoms with Gasteiger partial charge in [0.2, 0.25) is 0 Å². The first kappa shape index (κ1) is 13.7. The minimum absolute atomic E-state index is 0.881. The summed E-state index contributed by atoms with van der Waals surface area (Å²) in [4.78, 5) is 4.02. The van der Waals surface area contributed by atoms with Crippen LogP contribution in [0.1, 0.15) is 30.8 Å². The second kappa shape index (κ2) is 7.04. The molecule has 1 N–H and O–H groups in total. The normalized spacial score (nSPS) is 10.8. The molecule has 102 valence electrons. The highest BCUT2D eigenvalue weighted by molar-refractivity contribution is 5.11. The Morgan fingerprint density at radius 1 is 1.21 bits per heavy atom. The third-order valence-electron chi connectivity index (χ3n) is 3.22. The van der Waals surface area contributed by atoms with Crippen LogP contribution in [0.4, 0.5) is 0 Å². The summed E-state index contributed by atoms with van der Waals surface area (Å²) in [5, 5.41) is 8.03. The van der Waals surface area contributed by atoms with Crippen LogP contribution in [-0.4, -0.2) is 21.3 Å². The smallest absolute Gasteiger partial charge is 0.0625 e. The van der Waals surface area contributed by atoms with Crippen LogP contribution in [0.5, 0.6) is 0 Å². The van der Waals surface area contributed by atoms with Gasteiger partial charge in [-0.15, -0.1) is 0 Å². The van der Waals surface area contributed by atoms with Gasteiger partial charge in [0, 0.05) is 25.5 Å². The van der Waals surface area contributed by atoms with E-state index in [1.807, 2.05) is 12.4 Å². The molecule has 0 atom stereocenters. The molecule has 0 aliphatic carbocycles. The van der Waals surface area contributed by atoms with Crippen LogP contribution >= 0.6 is 0 Å². The lowest BCUT2D eigenvalue weighted by atomic mass is 10.2. The van der Waals surface area contributed by atoms with Crippen LogP contribution in [-0.2, 0) is 25.9 Å². The third kappa shape index (κ3) is 3.89. The van der Waals surface area contributed by atoms with Crippen molar-refractivity contribution in [2.45, 2.75) is 39.8 Å². The van der Waals surface area contributed by atoms with Crippen molar-refractivity contribution in [3.63, 3.8) is 0 Å². The van der Waals surface area contributed by atoms with Gasteiger partial charge in [0.05, 0.1) is 11.4 Å². The van der Waals surface area contributed by atoms with E-state index >= 15 is 0 Å². The van der Waals surface area contributed by atoms with E-state index in [1.165, 1.54) is 17.0 Å². The molecule has 2 heterocycles. The number of rotatable bonds is 7. The van der Waals surface area contributed by atoms with Crippen LogP contribution in [0.15, 0.2) is 30.6 Å². The first-order valence-electron chi connectivity index (χ1n) is 6.98. The molecule has 2 aromatic heterocycles. The van der Waals surface area contributed by atoms with Crippen LogP contribution in [0, 0.1) is 0 Å². The molecule has 0 aromatic carbocycles. The van der Waals surface area contributed by atoms with Crippen LogP contribution in [0.2, 0.25) is 0 Å². The van der Waals surface area contributed by atoms with Crippen LogP contribution < -0.4 is 5.32 Å². The van der Waals surface area contributed by atoms with Crippen molar-refractivity contribution in [2.24, 2.45) is 0 Å². The minimum Gasteiger partial charge on any atom is -0.311 e. The highest BCUT2D eigenvalue weighted by atomic mass is 15.3. The summed E-state index contributed by atoms with van der Waals surface area (Å²) in [7, 11) is 0. The number of nitrogens with zero attached hydrogens (tertiary/aromatic N) is 3. The fraction of sp³-hybridized carbons (Fsp3) is 0.467. The van der Waals surface area contributed by atoms with Gasteiger partial charge in [0.1, 0.15) is 0 Å². The Kier molecular flexibility index (Phi) is 5.10. The van der Waals surface area contributed by atoms with Crippen molar-refractivity contribution in [1.82, 2.24) is 20.1 Å². The topological polar surface area (TPSA) is 42.7 Å². The van der Waals surface area contributed by atoms with Crippen molar-refractivity contribution >= 4 is 0 Å².